The van der Waals surface area contributed by atoms with E-state index in [9.17, 15) is 9.90 Å². The fraction of sp³-hybridized carbons (Fsp3) is 0.600. The SMILES string of the molecule is CCC(O)(CC)CNc1nc[nH]c(=O)c1N. The average Bonchev–Trinajstić information content (AvgIpc) is 2.31. The highest BCUT2D eigenvalue weighted by Crippen LogP contribution is 2.16. The standard InChI is InChI=1S/C10H18N4O2/c1-3-10(16,4-2)5-12-8-7(11)9(15)14-6-13-8/h6,16H,3-5,11H2,1-2H3,(H2,12,13,14,15). The van der Waals surface area contributed by atoms with Crippen LogP contribution in [0.5, 0.6) is 0 Å². The van der Waals surface area contributed by atoms with Gasteiger partial charge in [-0.1, -0.05) is 13.8 Å². The number of hydrogen-bond acceptors (Lipinski definition) is 5. The number of anilines is 2. The minimum Gasteiger partial charge on any atom is -0.391 e. The highest BCUT2D eigenvalue weighted by Gasteiger charge is 2.22. The van der Waals surface area contributed by atoms with E-state index in [0.29, 0.717) is 25.2 Å². The van der Waals surface area contributed by atoms with Gasteiger partial charge in [-0.3, -0.25) is 4.79 Å². The van der Waals surface area contributed by atoms with Crippen LogP contribution in [0.2, 0.25) is 0 Å². The molecule has 0 aliphatic heterocycles. The molecule has 5 N–H and O–H groups in total. The van der Waals surface area contributed by atoms with E-state index in [4.69, 9.17) is 5.73 Å². The summed E-state index contributed by atoms with van der Waals surface area (Å²) in [4.78, 5) is 17.5. The first-order valence-electron chi connectivity index (χ1n) is 5.32. The molecule has 6 heteroatoms. The molecule has 0 unspecified atom stereocenters. The Bertz CT molecular complexity index is 398. The number of aromatic nitrogens is 2. The van der Waals surface area contributed by atoms with Crippen molar-refractivity contribution in [3.8, 4) is 0 Å². The highest BCUT2D eigenvalue weighted by molar-refractivity contribution is 5.58. The maximum Gasteiger partial charge on any atom is 0.276 e. The lowest BCUT2D eigenvalue weighted by molar-refractivity contribution is 0.0456. The molecule has 0 aliphatic rings. The lowest BCUT2D eigenvalue weighted by Crippen LogP contribution is -2.36. The zero-order valence-electron chi connectivity index (χ0n) is 9.58. The number of nitrogen functional groups attached to an aromatic ring is 1. The summed E-state index contributed by atoms with van der Waals surface area (Å²) in [6.07, 6.45) is 2.52. The predicted molar refractivity (Wildman–Crippen MR) is 63.3 cm³/mol. The Morgan fingerprint density at radius 1 is 1.56 bits per heavy atom. The van der Waals surface area contributed by atoms with Crippen LogP contribution in [0.1, 0.15) is 26.7 Å². The number of H-pyrrole nitrogens is 1. The summed E-state index contributed by atoms with van der Waals surface area (Å²) in [7, 11) is 0. The van der Waals surface area contributed by atoms with Gasteiger partial charge in [0, 0.05) is 6.54 Å². The van der Waals surface area contributed by atoms with Crippen molar-refractivity contribution < 1.29 is 5.11 Å². The number of nitrogens with zero attached hydrogens (tertiary/aromatic N) is 1. The third-order valence-corrected chi connectivity index (χ3v) is 2.79. The molecule has 0 aliphatic carbocycles. The summed E-state index contributed by atoms with van der Waals surface area (Å²) < 4.78 is 0. The average molecular weight is 226 g/mol. The Labute approximate surface area is 93.9 Å². The number of aromatic amines is 1. The second kappa shape index (κ2) is 4.98. The van der Waals surface area contributed by atoms with Crippen LogP contribution in [-0.2, 0) is 0 Å². The summed E-state index contributed by atoms with van der Waals surface area (Å²) in [6.45, 7) is 4.13. The van der Waals surface area contributed by atoms with Gasteiger partial charge >= 0.3 is 0 Å². The minimum atomic E-state index is -0.795. The normalized spacial score (nSPS) is 11.4. The van der Waals surface area contributed by atoms with Gasteiger partial charge in [0.05, 0.1) is 11.9 Å². The van der Waals surface area contributed by atoms with Crippen molar-refractivity contribution in [1.29, 1.82) is 0 Å². The molecule has 0 fully saturated rings. The van der Waals surface area contributed by atoms with Crippen molar-refractivity contribution in [2.45, 2.75) is 32.3 Å². The number of nitrogens with one attached hydrogen (secondary N) is 2. The summed E-state index contributed by atoms with van der Waals surface area (Å²) in [5.74, 6) is 0.309. The Hall–Kier alpha value is -1.56. The molecule has 0 spiro atoms. The maximum absolute atomic E-state index is 11.2. The lowest BCUT2D eigenvalue weighted by atomic mass is 9.98. The third kappa shape index (κ3) is 2.73. The number of nitrogens with two attached hydrogens (primary N) is 1. The van der Waals surface area contributed by atoms with E-state index in [-0.39, 0.29) is 11.2 Å². The van der Waals surface area contributed by atoms with Crippen molar-refractivity contribution in [2.75, 3.05) is 17.6 Å². The van der Waals surface area contributed by atoms with Crippen molar-refractivity contribution in [2.24, 2.45) is 0 Å². The Morgan fingerprint density at radius 2 is 2.19 bits per heavy atom. The monoisotopic (exact) mass is 226 g/mol. The zero-order chi connectivity index (χ0) is 12.2. The quantitative estimate of drug-likeness (QED) is 0.578. The number of rotatable bonds is 5. The first-order chi connectivity index (χ1) is 7.52. The molecule has 6 nitrogen and oxygen atoms in total. The molecule has 1 heterocycles. The molecule has 1 aromatic heterocycles. The molecule has 0 saturated heterocycles. The molecule has 90 valence electrons. The van der Waals surface area contributed by atoms with Crippen LogP contribution in [-0.4, -0.2) is 27.2 Å². The number of hydrogen-bond donors (Lipinski definition) is 4. The lowest BCUT2D eigenvalue weighted by Gasteiger charge is -2.25. The second-order valence-corrected chi connectivity index (χ2v) is 3.78. The summed E-state index contributed by atoms with van der Waals surface area (Å²) in [5, 5.41) is 12.9. The zero-order valence-corrected chi connectivity index (χ0v) is 9.58. The molecule has 0 radical (unpaired) electrons. The molecular weight excluding hydrogens is 208 g/mol. The molecule has 0 saturated carbocycles. The predicted octanol–water partition coefficient (Wildman–Crippen LogP) is 0.315. The minimum absolute atomic E-state index is 0.0389. The van der Waals surface area contributed by atoms with Gasteiger partial charge in [0.1, 0.15) is 5.69 Å². The molecule has 0 amide bonds. The van der Waals surface area contributed by atoms with E-state index in [0.717, 1.165) is 0 Å². The van der Waals surface area contributed by atoms with Crippen molar-refractivity contribution in [1.82, 2.24) is 9.97 Å². The van der Waals surface area contributed by atoms with E-state index >= 15 is 0 Å². The smallest absolute Gasteiger partial charge is 0.276 e. The Balaban J connectivity index is 2.75. The first kappa shape index (κ1) is 12.5. The first-order valence-corrected chi connectivity index (χ1v) is 5.32. The third-order valence-electron chi connectivity index (χ3n) is 2.79. The van der Waals surface area contributed by atoms with Crippen LogP contribution >= 0.6 is 0 Å². The molecule has 0 bridgehead atoms. The molecule has 1 rings (SSSR count). The van der Waals surface area contributed by atoms with E-state index in [1.165, 1.54) is 6.33 Å². The second-order valence-electron chi connectivity index (χ2n) is 3.78. The van der Waals surface area contributed by atoms with Gasteiger partial charge in [-0.15, -0.1) is 0 Å². The molecule has 0 aromatic carbocycles. The van der Waals surface area contributed by atoms with Crippen LogP contribution in [0.15, 0.2) is 11.1 Å². The van der Waals surface area contributed by atoms with E-state index < -0.39 is 5.60 Å². The van der Waals surface area contributed by atoms with Crippen LogP contribution in [0.3, 0.4) is 0 Å². The van der Waals surface area contributed by atoms with Gasteiger partial charge in [0.25, 0.3) is 5.56 Å². The van der Waals surface area contributed by atoms with Crippen LogP contribution in [0.4, 0.5) is 11.5 Å². The largest absolute Gasteiger partial charge is 0.391 e. The Morgan fingerprint density at radius 3 is 2.75 bits per heavy atom. The van der Waals surface area contributed by atoms with E-state index in [2.05, 4.69) is 15.3 Å². The van der Waals surface area contributed by atoms with Gasteiger partial charge < -0.3 is 21.1 Å². The van der Waals surface area contributed by atoms with Crippen molar-refractivity contribution in [3.63, 3.8) is 0 Å². The van der Waals surface area contributed by atoms with Gasteiger partial charge in [-0.25, -0.2) is 4.98 Å². The summed E-state index contributed by atoms with van der Waals surface area (Å²) in [6, 6.07) is 0. The fourth-order valence-corrected chi connectivity index (χ4v) is 1.30. The molecular formula is C10H18N4O2. The summed E-state index contributed by atoms with van der Waals surface area (Å²) in [5.41, 5.74) is 4.41. The van der Waals surface area contributed by atoms with Gasteiger partial charge in [0.15, 0.2) is 5.82 Å². The fourth-order valence-electron chi connectivity index (χ4n) is 1.30. The van der Waals surface area contributed by atoms with Crippen molar-refractivity contribution >= 4 is 11.5 Å². The van der Waals surface area contributed by atoms with Gasteiger partial charge in [0.2, 0.25) is 0 Å². The van der Waals surface area contributed by atoms with E-state index in [1.807, 2.05) is 13.8 Å². The van der Waals surface area contributed by atoms with Gasteiger partial charge in [-0.2, -0.15) is 0 Å². The Kier molecular flexibility index (Phi) is 3.89. The summed E-state index contributed by atoms with van der Waals surface area (Å²) >= 11 is 0. The molecule has 16 heavy (non-hydrogen) atoms. The topological polar surface area (TPSA) is 104 Å². The highest BCUT2D eigenvalue weighted by atomic mass is 16.3. The molecule has 1 aromatic rings. The number of aliphatic hydroxyl groups is 1. The van der Waals surface area contributed by atoms with Crippen molar-refractivity contribution in [3.05, 3.63) is 16.7 Å². The van der Waals surface area contributed by atoms with E-state index in [1.54, 1.807) is 0 Å². The van der Waals surface area contributed by atoms with Crippen LogP contribution < -0.4 is 16.6 Å². The molecule has 0 atom stereocenters. The van der Waals surface area contributed by atoms with Gasteiger partial charge in [-0.05, 0) is 12.8 Å². The maximum atomic E-state index is 11.2. The van der Waals surface area contributed by atoms with Crippen LogP contribution in [0, 0.1) is 0 Å². The van der Waals surface area contributed by atoms with Crippen LogP contribution in [0.25, 0.3) is 0 Å².